The molecule has 0 aliphatic carbocycles. The molecule has 128 valence electrons. The third-order valence-electron chi connectivity index (χ3n) is 3.69. The van der Waals surface area contributed by atoms with E-state index < -0.39 is 17.6 Å². The SMILES string of the molecule is CC(C)(C)OC(=O)C1Cn2cnnc2CN1C(=O)Cc1ccoc1. The summed E-state index contributed by atoms with van der Waals surface area (Å²) in [7, 11) is 0. The fraction of sp³-hybridized carbons (Fsp3) is 0.500. The van der Waals surface area contributed by atoms with Crippen LogP contribution in [0, 0.1) is 0 Å². The molecular weight excluding hydrogens is 312 g/mol. The molecule has 1 unspecified atom stereocenters. The third-order valence-corrected chi connectivity index (χ3v) is 3.69. The highest BCUT2D eigenvalue weighted by Crippen LogP contribution is 2.21. The van der Waals surface area contributed by atoms with E-state index in [9.17, 15) is 9.59 Å². The zero-order chi connectivity index (χ0) is 17.3. The second-order valence-electron chi connectivity index (χ2n) is 6.78. The van der Waals surface area contributed by atoms with Crippen LogP contribution in [0.15, 0.2) is 29.3 Å². The molecule has 2 aromatic heterocycles. The third kappa shape index (κ3) is 3.47. The summed E-state index contributed by atoms with van der Waals surface area (Å²) in [5.41, 5.74) is 0.138. The Hall–Kier alpha value is -2.64. The van der Waals surface area contributed by atoms with E-state index in [1.807, 2.05) is 0 Å². The minimum Gasteiger partial charge on any atom is -0.472 e. The van der Waals surface area contributed by atoms with Crippen molar-refractivity contribution in [2.75, 3.05) is 0 Å². The smallest absolute Gasteiger partial charge is 0.331 e. The van der Waals surface area contributed by atoms with Crippen LogP contribution in [0.25, 0.3) is 0 Å². The zero-order valence-electron chi connectivity index (χ0n) is 13.9. The average molecular weight is 332 g/mol. The highest BCUT2D eigenvalue weighted by Gasteiger charge is 2.38. The first-order valence-corrected chi connectivity index (χ1v) is 7.73. The molecule has 8 nitrogen and oxygen atoms in total. The molecule has 0 fully saturated rings. The van der Waals surface area contributed by atoms with Crippen LogP contribution in [0.5, 0.6) is 0 Å². The molecule has 3 rings (SSSR count). The van der Waals surface area contributed by atoms with E-state index in [0.29, 0.717) is 5.82 Å². The lowest BCUT2D eigenvalue weighted by atomic mass is 10.1. The van der Waals surface area contributed by atoms with Gasteiger partial charge in [0, 0.05) is 0 Å². The summed E-state index contributed by atoms with van der Waals surface area (Å²) < 4.78 is 12.3. The Morgan fingerprint density at radius 1 is 1.42 bits per heavy atom. The van der Waals surface area contributed by atoms with Gasteiger partial charge in [0.1, 0.15) is 18.0 Å². The number of hydrogen-bond acceptors (Lipinski definition) is 6. The van der Waals surface area contributed by atoms with Gasteiger partial charge in [0.15, 0.2) is 5.82 Å². The topological polar surface area (TPSA) is 90.5 Å². The molecule has 1 aliphatic rings. The second kappa shape index (κ2) is 6.10. The monoisotopic (exact) mass is 332 g/mol. The van der Waals surface area contributed by atoms with Crippen LogP contribution in [-0.4, -0.2) is 43.2 Å². The lowest BCUT2D eigenvalue weighted by Gasteiger charge is -2.35. The van der Waals surface area contributed by atoms with Crippen molar-refractivity contribution in [2.24, 2.45) is 0 Å². The standard InChI is InChI=1S/C16H20N4O4/c1-16(2,3)24-15(22)12-7-19-10-17-18-13(19)8-20(12)14(21)6-11-4-5-23-9-11/h4-5,9-10,12H,6-8H2,1-3H3. The van der Waals surface area contributed by atoms with Crippen LogP contribution >= 0.6 is 0 Å². The fourth-order valence-corrected chi connectivity index (χ4v) is 2.60. The number of hydrogen-bond donors (Lipinski definition) is 0. The first-order chi connectivity index (χ1) is 11.3. The Morgan fingerprint density at radius 2 is 2.21 bits per heavy atom. The van der Waals surface area contributed by atoms with Crippen LogP contribution in [0.2, 0.25) is 0 Å². The first kappa shape index (κ1) is 16.2. The number of rotatable bonds is 3. The van der Waals surface area contributed by atoms with Gasteiger partial charge in [-0.3, -0.25) is 4.79 Å². The van der Waals surface area contributed by atoms with Gasteiger partial charge >= 0.3 is 5.97 Å². The first-order valence-electron chi connectivity index (χ1n) is 7.73. The molecule has 3 heterocycles. The van der Waals surface area contributed by atoms with Crippen LogP contribution in [0.1, 0.15) is 32.2 Å². The Kier molecular flexibility index (Phi) is 4.13. The van der Waals surface area contributed by atoms with Crippen molar-refractivity contribution in [1.82, 2.24) is 19.7 Å². The van der Waals surface area contributed by atoms with Crippen molar-refractivity contribution in [3.63, 3.8) is 0 Å². The minimum absolute atomic E-state index is 0.157. The van der Waals surface area contributed by atoms with Crippen LogP contribution in [0.4, 0.5) is 0 Å². The maximum Gasteiger partial charge on any atom is 0.331 e. The molecule has 1 atom stereocenters. The molecule has 0 radical (unpaired) electrons. The van der Waals surface area contributed by atoms with E-state index in [2.05, 4.69) is 10.2 Å². The summed E-state index contributed by atoms with van der Waals surface area (Å²) in [5, 5.41) is 7.85. The van der Waals surface area contributed by atoms with E-state index >= 15 is 0 Å². The summed E-state index contributed by atoms with van der Waals surface area (Å²) >= 11 is 0. The predicted molar refractivity (Wildman–Crippen MR) is 82.6 cm³/mol. The van der Waals surface area contributed by atoms with Gasteiger partial charge < -0.3 is 18.6 Å². The number of fused-ring (bicyclic) bond motifs is 1. The quantitative estimate of drug-likeness (QED) is 0.784. The Bertz CT molecular complexity index is 730. The predicted octanol–water partition coefficient (Wildman–Crippen LogP) is 1.17. The van der Waals surface area contributed by atoms with Crippen molar-refractivity contribution >= 4 is 11.9 Å². The van der Waals surface area contributed by atoms with Crippen molar-refractivity contribution in [3.05, 3.63) is 36.3 Å². The lowest BCUT2D eigenvalue weighted by Crippen LogP contribution is -2.52. The number of amides is 1. The summed E-state index contributed by atoms with van der Waals surface area (Å²) in [4.78, 5) is 26.8. The highest BCUT2D eigenvalue weighted by molar-refractivity contribution is 5.86. The van der Waals surface area contributed by atoms with Crippen LogP contribution in [-0.2, 0) is 33.8 Å². The van der Waals surface area contributed by atoms with Gasteiger partial charge in [-0.05, 0) is 32.4 Å². The van der Waals surface area contributed by atoms with Crippen molar-refractivity contribution in [3.8, 4) is 0 Å². The lowest BCUT2D eigenvalue weighted by molar-refractivity contribution is -0.167. The molecule has 24 heavy (non-hydrogen) atoms. The Balaban J connectivity index is 1.82. The summed E-state index contributed by atoms with van der Waals surface area (Å²) in [6.07, 6.45) is 4.75. The van der Waals surface area contributed by atoms with Gasteiger partial charge in [0.05, 0.1) is 32.0 Å². The molecule has 8 heteroatoms. The van der Waals surface area contributed by atoms with E-state index in [1.54, 1.807) is 37.7 Å². The molecule has 0 saturated heterocycles. The van der Waals surface area contributed by atoms with Gasteiger partial charge in [-0.15, -0.1) is 10.2 Å². The number of aromatic nitrogens is 3. The second-order valence-corrected chi connectivity index (χ2v) is 6.78. The van der Waals surface area contributed by atoms with E-state index in [-0.39, 0.29) is 25.4 Å². The van der Waals surface area contributed by atoms with Gasteiger partial charge in [-0.1, -0.05) is 0 Å². The Labute approximate surface area is 139 Å². The van der Waals surface area contributed by atoms with E-state index in [1.165, 1.54) is 17.4 Å². The van der Waals surface area contributed by atoms with Gasteiger partial charge in [-0.25, -0.2) is 4.79 Å². The molecule has 1 aliphatic heterocycles. The molecule has 2 aromatic rings. The number of ether oxygens (including phenoxy) is 1. The van der Waals surface area contributed by atoms with Crippen LogP contribution < -0.4 is 0 Å². The average Bonchev–Trinajstić information content (AvgIpc) is 3.14. The number of furan rings is 1. The summed E-state index contributed by atoms with van der Waals surface area (Å²) in [5.74, 6) is 0.0410. The molecular formula is C16H20N4O4. The fourth-order valence-electron chi connectivity index (χ4n) is 2.60. The molecule has 0 spiro atoms. The van der Waals surface area contributed by atoms with Gasteiger partial charge in [0.25, 0.3) is 0 Å². The molecule has 0 saturated carbocycles. The molecule has 0 aromatic carbocycles. The van der Waals surface area contributed by atoms with E-state index in [4.69, 9.17) is 9.15 Å². The van der Waals surface area contributed by atoms with E-state index in [0.717, 1.165) is 5.56 Å². The summed E-state index contributed by atoms with van der Waals surface area (Å²) in [6, 6.07) is 1.03. The largest absolute Gasteiger partial charge is 0.472 e. The van der Waals surface area contributed by atoms with Crippen molar-refractivity contribution in [1.29, 1.82) is 0 Å². The maximum atomic E-state index is 12.7. The Morgan fingerprint density at radius 3 is 2.88 bits per heavy atom. The zero-order valence-corrected chi connectivity index (χ0v) is 13.9. The number of carbonyl (C=O) groups excluding carboxylic acids is 2. The minimum atomic E-state index is -0.702. The molecule has 1 amide bonds. The number of nitrogens with zero attached hydrogens (tertiary/aromatic N) is 4. The van der Waals surface area contributed by atoms with Crippen molar-refractivity contribution < 1.29 is 18.7 Å². The normalized spacial score (nSPS) is 17.5. The summed E-state index contributed by atoms with van der Waals surface area (Å²) in [6.45, 7) is 5.91. The van der Waals surface area contributed by atoms with Gasteiger partial charge in [-0.2, -0.15) is 0 Å². The molecule has 0 bridgehead atoms. The highest BCUT2D eigenvalue weighted by atomic mass is 16.6. The van der Waals surface area contributed by atoms with Gasteiger partial charge in [0.2, 0.25) is 5.91 Å². The number of carbonyl (C=O) groups is 2. The van der Waals surface area contributed by atoms with Crippen molar-refractivity contribution in [2.45, 2.75) is 51.9 Å². The maximum absolute atomic E-state index is 12.7. The number of esters is 1. The molecule has 0 N–H and O–H groups in total. The van der Waals surface area contributed by atoms with Crippen LogP contribution in [0.3, 0.4) is 0 Å².